The molecule has 0 aromatic heterocycles. The molecule has 0 aliphatic carbocycles. The van der Waals surface area contributed by atoms with Crippen LogP contribution in [0.1, 0.15) is 13.3 Å². The van der Waals surface area contributed by atoms with Gasteiger partial charge < -0.3 is 10.0 Å². The molecule has 0 atom stereocenters. The number of aliphatic carboxylic acids is 1. The van der Waals surface area contributed by atoms with E-state index in [2.05, 4.69) is 0 Å². The number of rotatable bonds is 5. The van der Waals surface area contributed by atoms with Crippen molar-refractivity contribution in [2.24, 2.45) is 0 Å². The van der Waals surface area contributed by atoms with Gasteiger partial charge >= 0.3 is 5.97 Å². The first-order valence-electron chi connectivity index (χ1n) is 4.20. The van der Waals surface area contributed by atoms with Gasteiger partial charge in [0.25, 0.3) is 0 Å². The number of nitrogens with zero attached hydrogens (tertiary/aromatic N) is 1. The van der Waals surface area contributed by atoms with Gasteiger partial charge in [-0.15, -0.1) is 0 Å². The quantitative estimate of drug-likeness (QED) is 0.528. The average molecular weight is 197 g/mol. The zero-order valence-corrected chi connectivity index (χ0v) is 8.65. The molecule has 0 aliphatic heterocycles. The van der Waals surface area contributed by atoms with Crippen molar-refractivity contribution in [1.29, 1.82) is 0 Å². The molecule has 0 fully saturated rings. The molecule has 0 radical (unpaired) electrons. The first-order chi connectivity index (χ1) is 6.43. The third-order valence-electron chi connectivity index (χ3n) is 1.53. The zero-order chi connectivity index (χ0) is 11.1. The van der Waals surface area contributed by atoms with E-state index >= 15 is 0 Å². The van der Waals surface area contributed by atoms with Crippen molar-refractivity contribution in [3.8, 4) is 0 Å². The highest BCUT2D eigenvalue weighted by Crippen LogP contribution is 2.04. The SMILES string of the molecule is CC(=O)/C=C/C=C(/CC(=O)O)N(C)C. The standard InChI is InChI=1S/C10H15NO3/c1-8(12)5-4-6-9(11(2)3)7-10(13)14/h4-6H,7H2,1-3H3,(H,13,14)/b5-4+,9-6-. The van der Waals surface area contributed by atoms with Gasteiger partial charge in [-0.1, -0.05) is 6.08 Å². The first-order valence-corrected chi connectivity index (χ1v) is 4.20. The maximum Gasteiger partial charge on any atom is 0.309 e. The van der Waals surface area contributed by atoms with Gasteiger partial charge in [0.1, 0.15) is 0 Å². The summed E-state index contributed by atoms with van der Waals surface area (Å²) in [6.07, 6.45) is 4.52. The van der Waals surface area contributed by atoms with Crippen LogP contribution in [0.3, 0.4) is 0 Å². The third-order valence-corrected chi connectivity index (χ3v) is 1.53. The van der Waals surface area contributed by atoms with Crippen LogP contribution >= 0.6 is 0 Å². The molecule has 0 saturated carbocycles. The van der Waals surface area contributed by atoms with Crippen LogP contribution in [0.5, 0.6) is 0 Å². The van der Waals surface area contributed by atoms with Crippen molar-refractivity contribution < 1.29 is 14.7 Å². The minimum absolute atomic E-state index is 0.0464. The van der Waals surface area contributed by atoms with Gasteiger partial charge in [-0.2, -0.15) is 0 Å². The fourth-order valence-corrected chi connectivity index (χ4v) is 0.816. The normalized spacial score (nSPS) is 11.8. The Hall–Kier alpha value is -1.58. The molecule has 0 aromatic rings. The predicted octanol–water partition coefficient (Wildman–Crippen LogP) is 1.05. The van der Waals surface area contributed by atoms with E-state index in [4.69, 9.17) is 5.11 Å². The first kappa shape index (κ1) is 12.4. The number of carboxylic acid groups (broad SMARTS) is 1. The summed E-state index contributed by atoms with van der Waals surface area (Å²) in [6.45, 7) is 1.44. The Morgan fingerprint density at radius 3 is 2.29 bits per heavy atom. The highest BCUT2D eigenvalue weighted by molar-refractivity contribution is 5.87. The van der Waals surface area contributed by atoms with E-state index < -0.39 is 5.97 Å². The molecule has 0 heterocycles. The molecule has 0 spiro atoms. The van der Waals surface area contributed by atoms with Crippen LogP contribution in [-0.4, -0.2) is 35.9 Å². The lowest BCUT2D eigenvalue weighted by molar-refractivity contribution is -0.136. The summed E-state index contributed by atoms with van der Waals surface area (Å²) in [6, 6.07) is 0. The highest BCUT2D eigenvalue weighted by atomic mass is 16.4. The Morgan fingerprint density at radius 1 is 1.36 bits per heavy atom. The fraction of sp³-hybridized carbons (Fsp3) is 0.400. The number of allylic oxidation sites excluding steroid dienone is 3. The number of hydrogen-bond acceptors (Lipinski definition) is 3. The number of carbonyl (C=O) groups excluding carboxylic acids is 1. The van der Waals surface area contributed by atoms with Crippen LogP contribution in [0, 0.1) is 0 Å². The van der Waals surface area contributed by atoms with Crippen molar-refractivity contribution in [3.63, 3.8) is 0 Å². The Labute approximate surface area is 83.5 Å². The van der Waals surface area contributed by atoms with E-state index in [1.54, 1.807) is 31.1 Å². The van der Waals surface area contributed by atoms with E-state index in [0.717, 1.165) is 0 Å². The van der Waals surface area contributed by atoms with E-state index in [1.807, 2.05) is 0 Å². The molecule has 4 heteroatoms. The van der Waals surface area contributed by atoms with Crippen molar-refractivity contribution in [3.05, 3.63) is 23.9 Å². The lowest BCUT2D eigenvalue weighted by Gasteiger charge is -2.14. The van der Waals surface area contributed by atoms with Crippen molar-refractivity contribution in [2.45, 2.75) is 13.3 Å². The Morgan fingerprint density at radius 2 is 1.93 bits per heavy atom. The molecule has 0 saturated heterocycles. The monoisotopic (exact) mass is 197 g/mol. The maximum atomic E-state index is 10.6. The van der Waals surface area contributed by atoms with Gasteiger partial charge in [0.2, 0.25) is 0 Å². The minimum Gasteiger partial charge on any atom is -0.481 e. The Bertz CT molecular complexity index is 277. The lowest BCUT2D eigenvalue weighted by atomic mass is 10.2. The van der Waals surface area contributed by atoms with Gasteiger partial charge in [0, 0.05) is 19.8 Å². The van der Waals surface area contributed by atoms with Crippen LogP contribution in [0.15, 0.2) is 23.9 Å². The smallest absolute Gasteiger partial charge is 0.309 e. The van der Waals surface area contributed by atoms with Gasteiger partial charge in [0.05, 0.1) is 6.42 Å². The molecule has 78 valence electrons. The molecule has 14 heavy (non-hydrogen) atoms. The fourth-order valence-electron chi connectivity index (χ4n) is 0.816. The number of carboxylic acids is 1. The zero-order valence-electron chi connectivity index (χ0n) is 8.65. The molecule has 0 rings (SSSR count). The van der Waals surface area contributed by atoms with Gasteiger partial charge in [-0.05, 0) is 19.1 Å². The van der Waals surface area contributed by atoms with Crippen molar-refractivity contribution in [2.75, 3.05) is 14.1 Å². The molecule has 0 aromatic carbocycles. The van der Waals surface area contributed by atoms with Crippen LogP contribution in [0.2, 0.25) is 0 Å². The third kappa shape index (κ3) is 5.99. The summed E-state index contributed by atoms with van der Waals surface area (Å²) >= 11 is 0. The molecule has 0 unspecified atom stereocenters. The van der Waals surface area contributed by atoms with Crippen LogP contribution < -0.4 is 0 Å². The average Bonchev–Trinajstić information content (AvgIpc) is 2.00. The second-order valence-electron chi connectivity index (χ2n) is 3.09. The second kappa shape index (κ2) is 5.96. The van der Waals surface area contributed by atoms with E-state index in [0.29, 0.717) is 5.70 Å². The molecule has 0 bridgehead atoms. The summed E-state index contributed by atoms with van der Waals surface area (Å²) in [4.78, 5) is 22.7. The van der Waals surface area contributed by atoms with E-state index in [-0.39, 0.29) is 12.2 Å². The molecule has 1 N–H and O–H groups in total. The summed E-state index contributed by atoms with van der Waals surface area (Å²) in [5.74, 6) is -0.948. The summed E-state index contributed by atoms with van der Waals surface area (Å²) in [5.41, 5.74) is 0.648. The second-order valence-corrected chi connectivity index (χ2v) is 3.09. The van der Waals surface area contributed by atoms with Gasteiger partial charge in [-0.25, -0.2) is 0 Å². The van der Waals surface area contributed by atoms with Crippen molar-refractivity contribution >= 4 is 11.8 Å². The van der Waals surface area contributed by atoms with Crippen molar-refractivity contribution in [1.82, 2.24) is 4.90 Å². The predicted molar refractivity (Wildman–Crippen MR) is 53.8 cm³/mol. The largest absolute Gasteiger partial charge is 0.481 e. The number of ketones is 1. The summed E-state index contributed by atoms with van der Waals surface area (Å²) in [5, 5.41) is 8.58. The Balaban J connectivity index is 4.48. The Kier molecular flexibility index (Phi) is 5.29. The van der Waals surface area contributed by atoms with E-state index in [9.17, 15) is 9.59 Å². The molecule has 0 aliphatic rings. The van der Waals surface area contributed by atoms with E-state index in [1.165, 1.54) is 13.0 Å². The minimum atomic E-state index is -0.888. The summed E-state index contributed by atoms with van der Waals surface area (Å²) in [7, 11) is 3.52. The topological polar surface area (TPSA) is 57.6 Å². The van der Waals surface area contributed by atoms with Gasteiger partial charge in [-0.3, -0.25) is 9.59 Å². The van der Waals surface area contributed by atoms with Gasteiger partial charge in [0.15, 0.2) is 5.78 Å². The van der Waals surface area contributed by atoms with Crippen LogP contribution in [0.25, 0.3) is 0 Å². The van der Waals surface area contributed by atoms with Crippen LogP contribution in [-0.2, 0) is 9.59 Å². The number of carbonyl (C=O) groups is 2. The number of hydrogen-bond donors (Lipinski definition) is 1. The molecule has 4 nitrogen and oxygen atoms in total. The molecule has 0 amide bonds. The lowest BCUT2D eigenvalue weighted by Crippen LogP contribution is -2.14. The molecular formula is C10H15NO3. The maximum absolute atomic E-state index is 10.6. The molecular weight excluding hydrogens is 182 g/mol. The van der Waals surface area contributed by atoms with Crippen LogP contribution in [0.4, 0.5) is 0 Å². The highest BCUT2D eigenvalue weighted by Gasteiger charge is 2.04. The summed E-state index contributed by atoms with van der Waals surface area (Å²) < 4.78 is 0.